The Bertz CT molecular complexity index is 1250. The monoisotopic (exact) mass is 592 g/mol. The van der Waals surface area contributed by atoms with E-state index in [1.165, 1.54) is 11.0 Å². The number of carbonyl (C=O) groups is 2. The molecule has 0 bridgehead atoms. The number of ether oxygens (including phenoxy) is 1. The van der Waals surface area contributed by atoms with Gasteiger partial charge >= 0.3 is 0 Å². The molecule has 200 valence electrons. The largest absolute Gasteiger partial charge is 0.482 e. The SMILES string of the molecule is O=C(NC1CCCC1)C(Cc1ccccc1)N(Cc1c(Cl)cccc1Cl)C(=O)COc1ccc(Cl)cc1Cl. The van der Waals surface area contributed by atoms with Crippen LogP contribution in [0.2, 0.25) is 20.1 Å². The van der Waals surface area contributed by atoms with Crippen molar-refractivity contribution in [1.29, 1.82) is 0 Å². The normalized spacial score (nSPS) is 14.2. The van der Waals surface area contributed by atoms with Crippen molar-refractivity contribution in [1.82, 2.24) is 10.2 Å². The molecule has 1 atom stereocenters. The Morgan fingerprint density at radius 1 is 0.895 bits per heavy atom. The molecule has 0 radical (unpaired) electrons. The minimum Gasteiger partial charge on any atom is -0.482 e. The smallest absolute Gasteiger partial charge is 0.261 e. The molecule has 38 heavy (non-hydrogen) atoms. The van der Waals surface area contributed by atoms with Crippen LogP contribution in [0.5, 0.6) is 5.75 Å². The van der Waals surface area contributed by atoms with Crippen molar-refractivity contribution < 1.29 is 14.3 Å². The Balaban J connectivity index is 1.66. The molecule has 5 nitrogen and oxygen atoms in total. The zero-order chi connectivity index (χ0) is 27.1. The van der Waals surface area contributed by atoms with Crippen LogP contribution in [-0.4, -0.2) is 35.4 Å². The van der Waals surface area contributed by atoms with Crippen LogP contribution < -0.4 is 10.1 Å². The van der Waals surface area contributed by atoms with E-state index in [1.54, 1.807) is 30.3 Å². The maximum absolute atomic E-state index is 13.8. The first-order chi connectivity index (χ1) is 18.3. The van der Waals surface area contributed by atoms with Crippen molar-refractivity contribution in [2.75, 3.05) is 6.61 Å². The van der Waals surface area contributed by atoms with Gasteiger partial charge in [0, 0.05) is 39.6 Å². The van der Waals surface area contributed by atoms with Crippen molar-refractivity contribution in [3.63, 3.8) is 0 Å². The summed E-state index contributed by atoms with van der Waals surface area (Å²) in [6, 6.07) is 18.8. The molecule has 0 saturated heterocycles. The van der Waals surface area contributed by atoms with E-state index in [2.05, 4.69) is 5.32 Å². The van der Waals surface area contributed by atoms with Gasteiger partial charge in [0.05, 0.1) is 5.02 Å². The quantitative estimate of drug-likeness (QED) is 0.267. The molecular formula is C29H28Cl4N2O3. The van der Waals surface area contributed by atoms with Gasteiger partial charge in [-0.25, -0.2) is 0 Å². The summed E-state index contributed by atoms with van der Waals surface area (Å²) in [6.45, 7) is -0.309. The van der Waals surface area contributed by atoms with Gasteiger partial charge < -0.3 is 15.0 Å². The fourth-order valence-electron chi connectivity index (χ4n) is 4.59. The Labute approximate surface area is 243 Å². The third kappa shape index (κ3) is 7.57. The molecule has 2 amide bonds. The summed E-state index contributed by atoms with van der Waals surface area (Å²) in [5.41, 5.74) is 1.48. The summed E-state index contributed by atoms with van der Waals surface area (Å²) in [6.07, 6.45) is 4.30. The summed E-state index contributed by atoms with van der Waals surface area (Å²) in [5.74, 6) is -0.313. The fourth-order valence-corrected chi connectivity index (χ4v) is 5.57. The number of amides is 2. The molecule has 3 aromatic rings. The molecule has 1 N–H and O–H groups in total. The predicted molar refractivity (Wildman–Crippen MR) is 153 cm³/mol. The number of hydrogen-bond acceptors (Lipinski definition) is 3. The first-order valence-corrected chi connectivity index (χ1v) is 14.0. The van der Waals surface area contributed by atoms with Gasteiger partial charge in [0.25, 0.3) is 5.91 Å². The first kappa shape index (κ1) is 28.6. The van der Waals surface area contributed by atoms with E-state index in [0.717, 1.165) is 31.2 Å². The summed E-state index contributed by atoms with van der Waals surface area (Å²) in [7, 11) is 0. The van der Waals surface area contributed by atoms with E-state index >= 15 is 0 Å². The molecule has 4 rings (SSSR count). The Hall–Kier alpha value is -2.44. The third-order valence-electron chi connectivity index (χ3n) is 6.61. The number of rotatable bonds is 10. The summed E-state index contributed by atoms with van der Waals surface area (Å²) in [4.78, 5) is 29.0. The van der Waals surface area contributed by atoms with Gasteiger partial charge in [-0.05, 0) is 48.7 Å². The lowest BCUT2D eigenvalue weighted by Crippen LogP contribution is -2.53. The van der Waals surface area contributed by atoms with Crippen molar-refractivity contribution >= 4 is 58.2 Å². The van der Waals surface area contributed by atoms with Crippen LogP contribution in [0.25, 0.3) is 0 Å². The zero-order valence-electron chi connectivity index (χ0n) is 20.6. The van der Waals surface area contributed by atoms with E-state index in [-0.39, 0.29) is 30.1 Å². The highest BCUT2D eigenvalue weighted by Crippen LogP contribution is 2.29. The summed E-state index contributed by atoms with van der Waals surface area (Å²) in [5, 5.41) is 4.72. The lowest BCUT2D eigenvalue weighted by molar-refractivity contribution is -0.143. The highest BCUT2D eigenvalue weighted by molar-refractivity contribution is 6.36. The molecule has 3 aromatic carbocycles. The Morgan fingerprint density at radius 2 is 1.58 bits per heavy atom. The molecule has 0 aromatic heterocycles. The average molecular weight is 594 g/mol. The van der Waals surface area contributed by atoms with Crippen LogP contribution >= 0.6 is 46.4 Å². The van der Waals surface area contributed by atoms with Gasteiger partial charge in [-0.2, -0.15) is 0 Å². The number of nitrogens with zero attached hydrogens (tertiary/aromatic N) is 1. The van der Waals surface area contributed by atoms with Crippen molar-refractivity contribution in [2.45, 2.75) is 50.7 Å². The van der Waals surface area contributed by atoms with Crippen molar-refractivity contribution in [2.24, 2.45) is 0 Å². The van der Waals surface area contributed by atoms with Crippen LogP contribution in [0.1, 0.15) is 36.8 Å². The molecule has 1 aliphatic carbocycles. The predicted octanol–water partition coefficient (Wildman–Crippen LogP) is 7.38. The highest BCUT2D eigenvalue weighted by atomic mass is 35.5. The lowest BCUT2D eigenvalue weighted by atomic mass is 10.0. The van der Waals surface area contributed by atoms with Crippen LogP contribution in [0.3, 0.4) is 0 Å². The number of nitrogens with one attached hydrogen (secondary N) is 1. The number of benzene rings is 3. The highest BCUT2D eigenvalue weighted by Gasteiger charge is 2.33. The van der Waals surface area contributed by atoms with Gasteiger partial charge in [-0.1, -0.05) is 95.6 Å². The summed E-state index contributed by atoms with van der Waals surface area (Å²) >= 11 is 25.2. The van der Waals surface area contributed by atoms with E-state index in [4.69, 9.17) is 51.1 Å². The first-order valence-electron chi connectivity index (χ1n) is 12.5. The zero-order valence-corrected chi connectivity index (χ0v) is 23.7. The lowest BCUT2D eigenvalue weighted by Gasteiger charge is -2.32. The molecule has 0 aliphatic heterocycles. The molecule has 9 heteroatoms. The van der Waals surface area contributed by atoms with E-state index in [0.29, 0.717) is 32.8 Å². The maximum Gasteiger partial charge on any atom is 0.261 e. The van der Waals surface area contributed by atoms with Crippen LogP contribution in [0.4, 0.5) is 0 Å². The van der Waals surface area contributed by atoms with Gasteiger partial charge in [0.15, 0.2) is 6.61 Å². The molecule has 1 saturated carbocycles. The third-order valence-corrected chi connectivity index (χ3v) is 7.85. The second kappa shape index (κ2) is 13.6. The van der Waals surface area contributed by atoms with Gasteiger partial charge in [-0.3, -0.25) is 9.59 Å². The van der Waals surface area contributed by atoms with E-state index < -0.39 is 11.9 Å². The number of hydrogen-bond donors (Lipinski definition) is 1. The van der Waals surface area contributed by atoms with E-state index in [9.17, 15) is 9.59 Å². The molecule has 1 unspecified atom stereocenters. The van der Waals surface area contributed by atoms with Gasteiger partial charge in [-0.15, -0.1) is 0 Å². The van der Waals surface area contributed by atoms with Gasteiger partial charge in [0.1, 0.15) is 11.8 Å². The fraction of sp³-hybridized carbons (Fsp3) is 0.310. The molecule has 0 spiro atoms. The second-order valence-electron chi connectivity index (χ2n) is 9.28. The molecule has 0 heterocycles. The standard InChI is InChI=1S/C29H28Cl4N2O3/c30-20-13-14-27(25(33)16-20)38-18-28(36)35(17-22-23(31)11-6-12-24(22)32)26(15-19-7-2-1-3-8-19)29(37)34-21-9-4-5-10-21/h1-3,6-8,11-14,16,21,26H,4-5,9-10,15,17-18H2,(H,34,37). The minimum absolute atomic E-state index is 0.0324. The maximum atomic E-state index is 13.8. The molecule has 1 aliphatic rings. The van der Waals surface area contributed by atoms with Crippen LogP contribution in [-0.2, 0) is 22.6 Å². The Morgan fingerprint density at radius 3 is 2.24 bits per heavy atom. The van der Waals surface area contributed by atoms with Gasteiger partial charge in [0.2, 0.25) is 5.91 Å². The summed E-state index contributed by atoms with van der Waals surface area (Å²) < 4.78 is 5.77. The minimum atomic E-state index is -0.817. The second-order valence-corrected chi connectivity index (χ2v) is 10.9. The topological polar surface area (TPSA) is 58.6 Å². The van der Waals surface area contributed by atoms with Crippen LogP contribution in [0, 0.1) is 0 Å². The Kier molecular flexibility index (Phi) is 10.2. The average Bonchev–Trinajstić information content (AvgIpc) is 3.40. The van der Waals surface area contributed by atoms with Crippen molar-refractivity contribution in [3.8, 4) is 5.75 Å². The number of halogens is 4. The van der Waals surface area contributed by atoms with E-state index in [1.807, 2.05) is 30.3 Å². The van der Waals surface area contributed by atoms with Crippen LogP contribution in [0.15, 0.2) is 66.7 Å². The molecule has 1 fully saturated rings. The number of carbonyl (C=O) groups excluding carboxylic acids is 2. The molecular weight excluding hydrogens is 566 g/mol. The van der Waals surface area contributed by atoms with Crippen molar-refractivity contribution in [3.05, 3.63) is 97.9 Å².